The zero-order valence-electron chi connectivity index (χ0n) is 11.5. The van der Waals surface area contributed by atoms with Crippen molar-refractivity contribution in [2.45, 2.75) is 45.8 Å². The Hall–Kier alpha value is -0.860. The molecular formula is C15H25NO. The van der Waals surface area contributed by atoms with E-state index in [2.05, 4.69) is 50.4 Å². The van der Waals surface area contributed by atoms with Gasteiger partial charge in [-0.05, 0) is 44.4 Å². The third-order valence-corrected chi connectivity index (χ3v) is 3.17. The van der Waals surface area contributed by atoms with Crippen LogP contribution in [0.25, 0.3) is 0 Å². The van der Waals surface area contributed by atoms with Crippen LogP contribution in [-0.2, 0) is 4.74 Å². The SMILES string of the molecule is CCCNC(CC(C)OC)c1ccccc1C. The van der Waals surface area contributed by atoms with Crippen LogP contribution in [0.15, 0.2) is 24.3 Å². The smallest absolute Gasteiger partial charge is 0.0561 e. The number of aryl methyl sites for hydroxylation is 1. The van der Waals surface area contributed by atoms with Crippen molar-refractivity contribution >= 4 is 0 Å². The van der Waals surface area contributed by atoms with Crippen molar-refractivity contribution in [3.8, 4) is 0 Å². The molecule has 1 rings (SSSR count). The van der Waals surface area contributed by atoms with Gasteiger partial charge in [-0.2, -0.15) is 0 Å². The van der Waals surface area contributed by atoms with E-state index in [1.54, 1.807) is 7.11 Å². The van der Waals surface area contributed by atoms with Gasteiger partial charge in [-0.25, -0.2) is 0 Å². The maximum absolute atomic E-state index is 5.38. The van der Waals surface area contributed by atoms with Gasteiger partial charge in [0, 0.05) is 13.2 Å². The first kappa shape index (κ1) is 14.2. The third-order valence-electron chi connectivity index (χ3n) is 3.17. The topological polar surface area (TPSA) is 21.3 Å². The molecule has 2 unspecified atom stereocenters. The first-order valence-electron chi connectivity index (χ1n) is 6.50. The summed E-state index contributed by atoms with van der Waals surface area (Å²) in [6, 6.07) is 8.99. The number of ether oxygens (including phenoxy) is 1. The Kier molecular flexibility index (Phi) is 6.23. The van der Waals surface area contributed by atoms with Crippen molar-refractivity contribution in [2.24, 2.45) is 0 Å². The molecule has 0 bridgehead atoms. The van der Waals surface area contributed by atoms with Crippen molar-refractivity contribution in [2.75, 3.05) is 13.7 Å². The van der Waals surface area contributed by atoms with Crippen LogP contribution in [0.5, 0.6) is 0 Å². The van der Waals surface area contributed by atoms with E-state index in [1.165, 1.54) is 11.1 Å². The second-order valence-corrected chi connectivity index (χ2v) is 4.65. The van der Waals surface area contributed by atoms with E-state index in [1.807, 2.05) is 0 Å². The molecule has 1 N–H and O–H groups in total. The normalized spacial score (nSPS) is 14.6. The minimum atomic E-state index is 0.281. The van der Waals surface area contributed by atoms with Crippen molar-refractivity contribution < 1.29 is 4.74 Å². The molecule has 17 heavy (non-hydrogen) atoms. The minimum absolute atomic E-state index is 0.281. The number of methoxy groups -OCH3 is 1. The van der Waals surface area contributed by atoms with Crippen molar-refractivity contribution in [3.63, 3.8) is 0 Å². The fourth-order valence-corrected chi connectivity index (χ4v) is 2.04. The molecule has 96 valence electrons. The number of hydrogen-bond acceptors (Lipinski definition) is 2. The molecule has 0 radical (unpaired) electrons. The van der Waals surface area contributed by atoms with Crippen LogP contribution in [0.4, 0.5) is 0 Å². The molecule has 1 aromatic carbocycles. The molecule has 0 aliphatic carbocycles. The molecule has 2 heteroatoms. The van der Waals surface area contributed by atoms with E-state index in [4.69, 9.17) is 4.74 Å². The summed E-state index contributed by atoms with van der Waals surface area (Å²) < 4.78 is 5.38. The Bertz CT molecular complexity index is 324. The van der Waals surface area contributed by atoms with E-state index in [-0.39, 0.29) is 6.10 Å². The van der Waals surface area contributed by atoms with Crippen molar-refractivity contribution in [1.82, 2.24) is 5.32 Å². The molecule has 0 aliphatic rings. The number of nitrogens with one attached hydrogen (secondary N) is 1. The van der Waals surface area contributed by atoms with Crippen molar-refractivity contribution in [1.29, 1.82) is 0 Å². The van der Waals surface area contributed by atoms with Crippen LogP contribution in [0.3, 0.4) is 0 Å². The average Bonchev–Trinajstić information content (AvgIpc) is 2.35. The van der Waals surface area contributed by atoms with Crippen LogP contribution in [0.2, 0.25) is 0 Å². The van der Waals surface area contributed by atoms with Crippen LogP contribution in [-0.4, -0.2) is 19.8 Å². The van der Waals surface area contributed by atoms with Crippen molar-refractivity contribution in [3.05, 3.63) is 35.4 Å². The predicted molar refractivity (Wildman–Crippen MR) is 73.3 cm³/mol. The fourth-order valence-electron chi connectivity index (χ4n) is 2.04. The molecule has 0 saturated heterocycles. The van der Waals surface area contributed by atoms with Gasteiger partial charge in [0.15, 0.2) is 0 Å². The summed E-state index contributed by atoms with van der Waals surface area (Å²) in [5, 5.41) is 3.61. The summed E-state index contributed by atoms with van der Waals surface area (Å²) in [4.78, 5) is 0. The zero-order chi connectivity index (χ0) is 12.7. The molecule has 1 aromatic rings. The quantitative estimate of drug-likeness (QED) is 0.781. The predicted octanol–water partition coefficient (Wildman–Crippen LogP) is 3.46. The summed E-state index contributed by atoms with van der Waals surface area (Å²) >= 11 is 0. The van der Waals surface area contributed by atoms with Gasteiger partial charge in [-0.3, -0.25) is 0 Å². The molecule has 2 nitrogen and oxygen atoms in total. The lowest BCUT2D eigenvalue weighted by atomic mass is 9.97. The van der Waals surface area contributed by atoms with E-state index in [9.17, 15) is 0 Å². The van der Waals surface area contributed by atoms with Crippen LogP contribution in [0.1, 0.15) is 43.9 Å². The Labute approximate surface area is 105 Å². The largest absolute Gasteiger partial charge is 0.382 e. The summed E-state index contributed by atoms with van der Waals surface area (Å²) in [6.45, 7) is 7.55. The lowest BCUT2D eigenvalue weighted by Crippen LogP contribution is -2.26. The van der Waals surface area contributed by atoms with Gasteiger partial charge in [0.2, 0.25) is 0 Å². The van der Waals surface area contributed by atoms with E-state index < -0.39 is 0 Å². The molecule has 0 aromatic heterocycles. The first-order valence-corrected chi connectivity index (χ1v) is 6.50. The maximum atomic E-state index is 5.38. The standard InChI is InChI=1S/C15H25NO/c1-5-10-16-15(11-13(3)17-4)14-9-7-6-8-12(14)2/h6-9,13,15-16H,5,10-11H2,1-4H3. The summed E-state index contributed by atoms with van der Waals surface area (Å²) in [7, 11) is 1.78. The monoisotopic (exact) mass is 235 g/mol. The van der Waals surface area contributed by atoms with E-state index in [0.717, 1.165) is 19.4 Å². The Balaban J connectivity index is 2.78. The number of hydrogen-bond donors (Lipinski definition) is 1. The van der Waals surface area contributed by atoms with E-state index >= 15 is 0 Å². The second kappa shape index (κ2) is 7.46. The Morgan fingerprint density at radius 2 is 2.00 bits per heavy atom. The second-order valence-electron chi connectivity index (χ2n) is 4.65. The third kappa shape index (κ3) is 4.49. The maximum Gasteiger partial charge on any atom is 0.0561 e. The summed E-state index contributed by atoms with van der Waals surface area (Å²) in [5.41, 5.74) is 2.74. The molecule has 0 fully saturated rings. The Morgan fingerprint density at radius 1 is 1.29 bits per heavy atom. The lowest BCUT2D eigenvalue weighted by molar-refractivity contribution is 0.100. The van der Waals surface area contributed by atoms with Gasteiger partial charge in [0.05, 0.1) is 6.10 Å². The molecule has 0 amide bonds. The van der Waals surface area contributed by atoms with E-state index in [0.29, 0.717) is 6.04 Å². The van der Waals surface area contributed by atoms with Crippen LogP contribution in [0, 0.1) is 6.92 Å². The molecule has 0 saturated carbocycles. The lowest BCUT2D eigenvalue weighted by Gasteiger charge is -2.23. The van der Waals surface area contributed by atoms with Gasteiger partial charge in [0.25, 0.3) is 0 Å². The molecule has 0 spiro atoms. The molecule has 2 atom stereocenters. The summed E-state index contributed by atoms with van der Waals surface area (Å²) in [5.74, 6) is 0. The Morgan fingerprint density at radius 3 is 2.59 bits per heavy atom. The van der Waals surface area contributed by atoms with Gasteiger partial charge in [-0.15, -0.1) is 0 Å². The fraction of sp³-hybridized carbons (Fsp3) is 0.600. The van der Waals surface area contributed by atoms with Gasteiger partial charge in [0.1, 0.15) is 0 Å². The van der Waals surface area contributed by atoms with Crippen LogP contribution >= 0.6 is 0 Å². The average molecular weight is 235 g/mol. The van der Waals surface area contributed by atoms with Gasteiger partial charge in [-0.1, -0.05) is 31.2 Å². The first-order chi connectivity index (χ1) is 8.19. The molecule has 0 aliphatic heterocycles. The summed E-state index contributed by atoms with van der Waals surface area (Å²) in [6.07, 6.45) is 2.45. The highest BCUT2D eigenvalue weighted by Gasteiger charge is 2.15. The highest BCUT2D eigenvalue weighted by molar-refractivity contribution is 5.28. The minimum Gasteiger partial charge on any atom is -0.382 e. The van der Waals surface area contributed by atoms with Gasteiger partial charge >= 0.3 is 0 Å². The molecule has 0 heterocycles. The van der Waals surface area contributed by atoms with Gasteiger partial charge < -0.3 is 10.1 Å². The number of rotatable bonds is 7. The number of benzene rings is 1. The molecular weight excluding hydrogens is 210 g/mol. The highest BCUT2D eigenvalue weighted by Crippen LogP contribution is 2.22. The van der Waals surface area contributed by atoms with Crippen LogP contribution < -0.4 is 5.32 Å². The highest BCUT2D eigenvalue weighted by atomic mass is 16.5. The zero-order valence-corrected chi connectivity index (χ0v) is 11.5.